The third-order valence-electron chi connectivity index (χ3n) is 2.45. The average Bonchev–Trinajstić information content (AvgIpc) is 2.82. The second-order valence-electron chi connectivity index (χ2n) is 4.05. The van der Waals surface area contributed by atoms with Crippen LogP contribution in [0.3, 0.4) is 0 Å². The summed E-state index contributed by atoms with van der Waals surface area (Å²) in [5.74, 6) is 0.495. The predicted octanol–water partition coefficient (Wildman–Crippen LogP) is -0.0804. The molecule has 1 atom stereocenters. The maximum Gasteiger partial charge on any atom is 0.215 e. The summed E-state index contributed by atoms with van der Waals surface area (Å²) in [5, 5.41) is 6.23. The molecule has 1 aromatic heterocycles. The van der Waals surface area contributed by atoms with Crippen LogP contribution in [0.15, 0.2) is 10.9 Å². The first-order valence-electron chi connectivity index (χ1n) is 6.00. The van der Waals surface area contributed by atoms with Crippen molar-refractivity contribution in [1.82, 2.24) is 20.2 Å². The Morgan fingerprint density at radius 2 is 2.22 bits per heavy atom. The largest absolute Gasteiger partial charge is 0.343 e. The van der Waals surface area contributed by atoms with Crippen LogP contribution in [0.25, 0.3) is 0 Å². The molecule has 0 aliphatic carbocycles. The lowest BCUT2D eigenvalue weighted by atomic mass is 10.4. The minimum atomic E-state index is -3.29. The van der Waals surface area contributed by atoms with Crippen molar-refractivity contribution in [1.29, 1.82) is 0 Å². The maximum absolute atomic E-state index is 11.8. The van der Waals surface area contributed by atoms with Gasteiger partial charge in [-0.3, -0.25) is 0 Å². The standard InChI is InChI=1S/C10H20N4O3S/c1-3-5-11-7-9(2)18(15,16)13-6-4-10-12-8-17-14-10/h8-9,11,13H,3-7H2,1-2H3. The van der Waals surface area contributed by atoms with Crippen molar-refractivity contribution < 1.29 is 12.9 Å². The van der Waals surface area contributed by atoms with Crippen LogP contribution in [0.5, 0.6) is 0 Å². The summed E-state index contributed by atoms with van der Waals surface area (Å²) >= 11 is 0. The number of nitrogens with zero attached hydrogens (tertiary/aromatic N) is 2. The Bertz CT molecular complexity index is 418. The summed E-state index contributed by atoms with van der Waals surface area (Å²) in [6.45, 7) is 5.27. The molecule has 0 saturated carbocycles. The number of rotatable bonds is 9. The number of aromatic nitrogens is 2. The van der Waals surface area contributed by atoms with Gasteiger partial charge in [-0.15, -0.1) is 0 Å². The van der Waals surface area contributed by atoms with Crippen LogP contribution in [0, 0.1) is 0 Å². The number of nitrogens with one attached hydrogen (secondary N) is 2. The molecule has 2 N–H and O–H groups in total. The Kier molecular flexibility index (Phi) is 6.23. The topological polar surface area (TPSA) is 97.1 Å². The van der Waals surface area contributed by atoms with Crippen molar-refractivity contribution in [2.75, 3.05) is 19.6 Å². The van der Waals surface area contributed by atoms with Crippen molar-refractivity contribution in [3.05, 3.63) is 12.2 Å². The van der Waals surface area contributed by atoms with E-state index in [-0.39, 0.29) is 6.54 Å². The zero-order chi connectivity index (χ0) is 13.4. The van der Waals surface area contributed by atoms with Gasteiger partial charge in [-0.2, -0.15) is 4.98 Å². The molecule has 104 valence electrons. The van der Waals surface area contributed by atoms with Gasteiger partial charge in [0.2, 0.25) is 16.4 Å². The van der Waals surface area contributed by atoms with E-state index >= 15 is 0 Å². The van der Waals surface area contributed by atoms with Gasteiger partial charge >= 0.3 is 0 Å². The summed E-state index contributed by atoms with van der Waals surface area (Å²) < 4.78 is 30.8. The number of hydrogen-bond acceptors (Lipinski definition) is 6. The molecule has 0 amide bonds. The van der Waals surface area contributed by atoms with Crippen LogP contribution in [-0.2, 0) is 16.4 Å². The second kappa shape index (κ2) is 7.45. The fourth-order valence-electron chi connectivity index (χ4n) is 1.34. The van der Waals surface area contributed by atoms with Crippen LogP contribution in [0.1, 0.15) is 26.1 Å². The van der Waals surface area contributed by atoms with Crippen LogP contribution in [-0.4, -0.2) is 43.4 Å². The normalized spacial score (nSPS) is 13.7. The van der Waals surface area contributed by atoms with E-state index in [0.717, 1.165) is 13.0 Å². The Labute approximate surface area is 107 Å². The van der Waals surface area contributed by atoms with Gasteiger partial charge in [0.25, 0.3) is 0 Å². The van der Waals surface area contributed by atoms with Crippen molar-refractivity contribution in [3.63, 3.8) is 0 Å². The highest BCUT2D eigenvalue weighted by molar-refractivity contribution is 7.90. The molecule has 0 spiro atoms. The fourth-order valence-corrected chi connectivity index (χ4v) is 2.35. The second-order valence-corrected chi connectivity index (χ2v) is 6.23. The van der Waals surface area contributed by atoms with Gasteiger partial charge in [0, 0.05) is 19.5 Å². The lowest BCUT2D eigenvalue weighted by Gasteiger charge is -2.14. The van der Waals surface area contributed by atoms with Gasteiger partial charge in [0.15, 0.2) is 5.82 Å². The van der Waals surface area contributed by atoms with E-state index in [1.54, 1.807) is 6.92 Å². The summed E-state index contributed by atoms with van der Waals surface area (Å²) in [5.41, 5.74) is 0. The quantitative estimate of drug-likeness (QED) is 0.612. The molecule has 0 radical (unpaired) electrons. The highest BCUT2D eigenvalue weighted by atomic mass is 32.2. The molecule has 1 heterocycles. The van der Waals surface area contributed by atoms with Crippen LogP contribution in [0.2, 0.25) is 0 Å². The zero-order valence-electron chi connectivity index (χ0n) is 10.7. The molecular formula is C10H20N4O3S. The Morgan fingerprint density at radius 1 is 1.44 bits per heavy atom. The van der Waals surface area contributed by atoms with Crippen molar-refractivity contribution >= 4 is 10.0 Å². The van der Waals surface area contributed by atoms with E-state index in [2.05, 4.69) is 24.7 Å². The van der Waals surface area contributed by atoms with E-state index in [4.69, 9.17) is 0 Å². The summed E-state index contributed by atoms with van der Waals surface area (Å²) in [6.07, 6.45) is 2.63. The minimum Gasteiger partial charge on any atom is -0.343 e. The Morgan fingerprint density at radius 3 is 2.83 bits per heavy atom. The Hall–Kier alpha value is -0.990. The smallest absolute Gasteiger partial charge is 0.215 e. The Balaban J connectivity index is 2.30. The monoisotopic (exact) mass is 276 g/mol. The molecule has 8 heteroatoms. The number of hydrogen-bond donors (Lipinski definition) is 2. The molecule has 1 aromatic rings. The molecule has 0 bridgehead atoms. The summed E-state index contributed by atoms with van der Waals surface area (Å²) in [7, 11) is -3.29. The molecule has 1 unspecified atom stereocenters. The first-order valence-corrected chi connectivity index (χ1v) is 7.55. The van der Waals surface area contributed by atoms with Gasteiger partial charge < -0.3 is 9.84 Å². The van der Waals surface area contributed by atoms with Crippen LogP contribution < -0.4 is 10.0 Å². The summed E-state index contributed by atoms with van der Waals surface area (Å²) in [4.78, 5) is 3.82. The van der Waals surface area contributed by atoms with Crippen molar-refractivity contribution in [2.24, 2.45) is 0 Å². The molecule has 0 fully saturated rings. The summed E-state index contributed by atoms with van der Waals surface area (Å²) in [6, 6.07) is 0. The highest BCUT2D eigenvalue weighted by Gasteiger charge is 2.19. The van der Waals surface area contributed by atoms with E-state index in [9.17, 15) is 8.42 Å². The average molecular weight is 276 g/mol. The minimum absolute atomic E-state index is 0.278. The first kappa shape index (κ1) is 15.1. The number of sulfonamides is 1. The van der Waals surface area contributed by atoms with Gasteiger partial charge in [0.1, 0.15) is 0 Å². The molecule has 1 rings (SSSR count). The zero-order valence-corrected chi connectivity index (χ0v) is 11.5. The third-order valence-corrected chi connectivity index (χ3v) is 4.28. The third kappa shape index (κ3) is 5.11. The first-order chi connectivity index (χ1) is 8.56. The molecule has 0 aromatic carbocycles. The predicted molar refractivity (Wildman–Crippen MR) is 67.5 cm³/mol. The SMILES string of the molecule is CCCNCC(C)S(=O)(=O)NCCc1ncon1. The molecular weight excluding hydrogens is 256 g/mol. The maximum atomic E-state index is 11.8. The lowest BCUT2D eigenvalue weighted by Crippen LogP contribution is -2.39. The van der Waals surface area contributed by atoms with E-state index in [1.165, 1.54) is 6.39 Å². The van der Waals surface area contributed by atoms with Gasteiger partial charge in [-0.25, -0.2) is 13.1 Å². The van der Waals surface area contributed by atoms with Crippen LogP contribution >= 0.6 is 0 Å². The van der Waals surface area contributed by atoms with Gasteiger partial charge in [-0.1, -0.05) is 12.1 Å². The molecule has 0 aliphatic rings. The van der Waals surface area contributed by atoms with Crippen molar-refractivity contribution in [3.8, 4) is 0 Å². The van der Waals surface area contributed by atoms with Crippen LogP contribution in [0.4, 0.5) is 0 Å². The van der Waals surface area contributed by atoms with E-state index in [1.807, 2.05) is 6.92 Å². The van der Waals surface area contributed by atoms with E-state index in [0.29, 0.717) is 18.8 Å². The molecule has 18 heavy (non-hydrogen) atoms. The fraction of sp³-hybridized carbons (Fsp3) is 0.800. The van der Waals surface area contributed by atoms with Crippen molar-refractivity contribution in [2.45, 2.75) is 31.9 Å². The van der Waals surface area contributed by atoms with E-state index < -0.39 is 15.3 Å². The molecule has 7 nitrogen and oxygen atoms in total. The molecule has 0 saturated heterocycles. The van der Waals surface area contributed by atoms with Gasteiger partial charge in [-0.05, 0) is 19.9 Å². The lowest BCUT2D eigenvalue weighted by molar-refractivity contribution is 0.409. The molecule has 0 aliphatic heterocycles. The van der Waals surface area contributed by atoms with Gasteiger partial charge in [0.05, 0.1) is 5.25 Å². The highest BCUT2D eigenvalue weighted by Crippen LogP contribution is 1.97.